The van der Waals surface area contributed by atoms with Gasteiger partial charge in [-0.3, -0.25) is 4.79 Å². The second-order valence-electron chi connectivity index (χ2n) is 7.16. The summed E-state index contributed by atoms with van der Waals surface area (Å²) in [7, 11) is 0. The Morgan fingerprint density at radius 2 is 1.78 bits per heavy atom. The second-order valence-corrected chi connectivity index (χ2v) is 9.09. The van der Waals surface area contributed by atoms with Crippen molar-refractivity contribution in [3.05, 3.63) is 83.9 Å². The summed E-state index contributed by atoms with van der Waals surface area (Å²) in [4.78, 5) is 12.5. The molecular weight excluding hydrogens is 443 g/mol. The van der Waals surface area contributed by atoms with Gasteiger partial charge in [-0.15, -0.1) is 22.0 Å². The molecule has 164 valence electrons. The third-order valence-corrected chi connectivity index (χ3v) is 6.85. The molecule has 0 aliphatic carbocycles. The molecule has 0 atom stereocenters. The molecule has 3 aromatic carbocycles. The van der Waals surface area contributed by atoms with Gasteiger partial charge in [0.05, 0.1) is 11.5 Å². The van der Waals surface area contributed by atoms with Crippen molar-refractivity contribution in [3.8, 4) is 0 Å². The van der Waals surface area contributed by atoms with Gasteiger partial charge < -0.3 is 9.88 Å². The Kier molecular flexibility index (Phi) is 7.44. The number of fused-ring (bicyclic) bond motifs is 1. The third-order valence-electron chi connectivity index (χ3n) is 4.89. The molecule has 0 aliphatic heterocycles. The molecule has 4 aromatic rings. The predicted molar refractivity (Wildman–Crippen MR) is 130 cm³/mol. The van der Waals surface area contributed by atoms with Crippen LogP contribution in [0.4, 0.5) is 10.1 Å². The maximum Gasteiger partial charge on any atom is 0.234 e. The van der Waals surface area contributed by atoms with Crippen molar-refractivity contribution in [3.63, 3.8) is 0 Å². The number of carbonyl (C=O) groups is 1. The van der Waals surface area contributed by atoms with Crippen LogP contribution in [0.25, 0.3) is 10.8 Å². The summed E-state index contributed by atoms with van der Waals surface area (Å²) in [5, 5.41) is 14.5. The second kappa shape index (κ2) is 10.7. The number of amides is 1. The van der Waals surface area contributed by atoms with Crippen molar-refractivity contribution in [1.82, 2.24) is 14.8 Å². The van der Waals surface area contributed by atoms with Crippen LogP contribution in [0.15, 0.2) is 71.9 Å². The van der Waals surface area contributed by atoms with E-state index in [-0.39, 0.29) is 17.5 Å². The average molecular weight is 467 g/mol. The largest absolute Gasteiger partial charge is 0.325 e. The van der Waals surface area contributed by atoms with Crippen LogP contribution < -0.4 is 5.32 Å². The molecule has 1 heterocycles. The number of nitrogens with zero attached hydrogens (tertiary/aromatic N) is 3. The minimum absolute atomic E-state index is 0.0804. The normalized spacial score (nSPS) is 11.1. The van der Waals surface area contributed by atoms with Crippen molar-refractivity contribution in [2.45, 2.75) is 30.1 Å². The van der Waals surface area contributed by atoms with E-state index in [0.717, 1.165) is 45.3 Å². The van der Waals surface area contributed by atoms with Crippen LogP contribution in [-0.2, 0) is 22.8 Å². The van der Waals surface area contributed by atoms with Gasteiger partial charge in [-0.1, -0.05) is 54.2 Å². The van der Waals surface area contributed by atoms with E-state index >= 15 is 0 Å². The zero-order valence-corrected chi connectivity index (χ0v) is 19.3. The molecule has 0 aliphatic rings. The number of benzene rings is 3. The first-order valence-corrected chi connectivity index (χ1v) is 12.4. The zero-order chi connectivity index (χ0) is 22.3. The van der Waals surface area contributed by atoms with Crippen LogP contribution in [-0.4, -0.2) is 26.4 Å². The fourth-order valence-corrected chi connectivity index (χ4v) is 5.03. The number of aromatic nitrogens is 3. The molecule has 1 amide bonds. The maximum absolute atomic E-state index is 13.0. The molecule has 5 nitrogen and oxygen atoms in total. The van der Waals surface area contributed by atoms with E-state index in [1.807, 2.05) is 54.0 Å². The summed E-state index contributed by atoms with van der Waals surface area (Å²) in [6.45, 7) is 2.77. The molecule has 0 saturated carbocycles. The standard InChI is InChI=1S/C24H23FN4OS2/c1-2-29-22(15-31-14-17-7-10-20(25)11-8-17)27-28-24(29)32-16-23(30)26-21-12-9-18-5-3-4-6-19(18)13-21/h3-13H,2,14-16H2,1H3,(H,26,30). The van der Waals surface area contributed by atoms with Crippen molar-refractivity contribution < 1.29 is 9.18 Å². The molecule has 8 heteroatoms. The molecule has 0 saturated heterocycles. The summed E-state index contributed by atoms with van der Waals surface area (Å²) in [5.74, 6) is 2.29. The Morgan fingerprint density at radius 1 is 1.00 bits per heavy atom. The van der Waals surface area contributed by atoms with E-state index in [9.17, 15) is 9.18 Å². The topological polar surface area (TPSA) is 59.8 Å². The Hall–Kier alpha value is -2.84. The molecule has 32 heavy (non-hydrogen) atoms. The lowest BCUT2D eigenvalue weighted by molar-refractivity contribution is -0.113. The SMILES string of the molecule is CCn1c(CSCc2ccc(F)cc2)nnc1SCC(=O)Nc1ccc2ccccc2c1. The molecule has 0 fully saturated rings. The summed E-state index contributed by atoms with van der Waals surface area (Å²) in [5.41, 5.74) is 1.85. The maximum atomic E-state index is 13.0. The van der Waals surface area contributed by atoms with E-state index in [0.29, 0.717) is 5.75 Å². The van der Waals surface area contributed by atoms with Gasteiger partial charge in [-0.05, 0) is 47.5 Å². The van der Waals surface area contributed by atoms with Crippen LogP contribution >= 0.6 is 23.5 Å². The van der Waals surface area contributed by atoms with Gasteiger partial charge in [0, 0.05) is 18.0 Å². The number of hydrogen-bond acceptors (Lipinski definition) is 5. The highest BCUT2D eigenvalue weighted by Gasteiger charge is 2.13. The van der Waals surface area contributed by atoms with Crippen LogP contribution in [0.5, 0.6) is 0 Å². The number of thioether (sulfide) groups is 2. The molecule has 4 rings (SSSR count). The van der Waals surface area contributed by atoms with Gasteiger partial charge in [0.2, 0.25) is 5.91 Å². The number of rotatable bonds is 9. The first-order chi connectivity index (χ1) is 15.6. The van der Waals surface area contributed by atoms with Gasteiger partial charge in [0.25, 0.3) is 0 Å². The van der Waals surface area contributed by atoms with Crippen molar-refractivity contribution >= 4 is 45.9 Å². The molecular formula is C24H23FN4OS2. The number of halogens is 1. The lowest BCUT2D eigenvalue weighted by Crippen LogP contribution is -2.14. The molecule has 0 radical (unpaired) electrons. The van der Waals surface area contributed by atoms with Gasteiger partial charge in [-0.25, -0.2) is 4.39 Å². The zero-order valence-electron chi connectivity index (χ0n) is 17.6. The van der Waals surface area contributed by atoms with Gasteiger partial charge in [-0.2, -0.15) is 0 Å². The first-order valence-electron chi connectivity index (χ1n) is 10.3. The Bertz CT molecular complexity index is 1210. The fourth-order valence-electron chi connectivity index (χ4n) is 3.29. The Morgan fingerprint density at radius 3 is 2.56 bits per heavy atom. The smallest absolute Gasteiger partial charge is 0.234 e. The van der Waals surface area contributed by atoms with E-state index in [2.05, 4.69) is 15.5 Å². The highest BCUT2D eigenvalue weighted by Crippen LogP contribution is 2.23. The fraction of sp³-hybridized carbons (Fsp3) is 0.208. The van der Waals surface area contributed by atoms with E-state index in [4.69, 9.17) is 0 Å². The van der Waals surface area contributed by atoms with Crippen LogP contribution in [0, 0.1) is 5.82 Å². The minimum Gasteiger partial charge on any atom is -0.325 e. The van der Waals surface area contributed by atoms with E-state index < -0.39 is 0 Å². The van der Waals surface area contributed by atoms with E-state index in [1.165, 1.54) is 23.9 Å². The molecule has 0 unspecified atom stereocenters. The summed E-state index contributed by atoms with van der Waals surface area (Å²) >= 11 is 3.08. The van der Waals surface area contributed by atoms with E-state index in [1.54, 1.807) is 23.9 Å². The van der Waals surface area contributed by atoms with Crippen molar-refractivity contribution in [1.29, 1.82) is 0 Å². The monoisotopic (exact) mass is 466 g/mol. The van der Waals surface area contributed by atoms with Gasteiger partial charge >= 0.3 is 0 Å². The molecule has 0 spiro atoms. The number of anilines is 1. The number of nitrogens with one attached hydrogen (secondary N) is 1. The minimum atomic E-state index is -0.226. The lowest BCUT2D eigenvalue weighted by Gasteiger charge is -2.08. The Balaban J connectivity index is 1.31. The summed E-state index contributed by atoms with van der Waals surface area (Å²) in [6.07, 6.45) is 0. The molecule has 1 aromatic heterocycles. The first kappa shape index (κ1) is 22.4. The predicted octanol–water partition coefficient (Wildman–Crippen LogP) is 5.75. The molecule has 0 bridgehead atoms. The quantitative estimate of drug-likeness (QED) is 0.318. The van der Waals surface area contributed by atoms with Gasteiger partial charge in [0.15, 0.2) is 5.16 Å². The highest BCUT2D eigenvalue weighted by atomic mass is 32.2. The van der Waals surface area contributed by atoms with Crippen LogP contribution in [0.3, 0.4) is 0 Å². The number of carbonyl (C=O) groups excluding carboxylic acids is 1. The van der Waals surface area contributed by atoms with Gasteiger partial charge in [0.1, 0.15) is 11.6 Å². The highest BCUT2D eigenvalue weighted by molar-refractivity contribution is 7.99. The average Bonchev–Trinajstić information content (AvgIpc) is 3.20. The van der Waals surface area contributed by atoms with Crippen molar-refractivity contribution in [2.24, 2.45) is 0 Å². The summed E-state index contributed by atoms with van der Waals surface area (Å²) < 4.78 is 15.1. The summed E-state index contributed by atoms with van der Waals surface area (Å²) in [6, 6.07) is 20.5. The van der Waals surface area contributed by atoms with Crippen molar-refractivity contribution in [2.75, 3.05) is 11.1 Å². The third kappa shape index (κ3) is 5.69. The van der Waals surface area contributed by atoms with Crippen LogP contribution in [0.2, 0.25) is 0 Å². The van der Waals surface area contributed by atoms with Crippen LogP contribution in [0.1, 0.15) is 18.3 Å². The number of hydrogen-bond donors (Lipinski definition) is 1. The Labute approximate surface area is 194 Å². The molecule has 1 N–H and O–H groups in total. The lowest BCUT2D eigenvalue weighted by atomic mass is 10.1.